The number of aromatic nitrogens is 1. The smallest absolute Gasteiger partial charge is 0.150 e. The maximum atomic E-state index is 4.44. The van der Waals surface area contributed by atoms with E-state index in [0.29, 0.717) is 0 Å². The summed E-state index contributed by atoms with van der Waals surface area (Å²) in [4.78, 5) is 4.44. The van der Waals surface area contributed by atoms with Gasteiger partial charge in [0.15, 0.2) is 0 Å². The second kappa shape index (κ2) is 2.62. The quantitative estimate of drug-likeness (QED) is 0.636. The minimum Gasteiger partial charge on any atom is -0.380 e. The molecule has 0 saturated heterocycles. The Kier molecular flexibility index (Phi) is 1.68. The molecule has 0 unspecified atom stereocenters. The molecule has 0 atom stereocenters. The molecule has 1 aliphatic rings. The normalized spacial score (nSPS) is 18.4. The van der Waals surface area contributed by atoms with Gasteiger partial charge in [0.05, 0.1) is 11.2 Å². The van der Waals surface area contributed by atoms with E-state index in [1.807, 2.05) is 13.0 Å². The van der Waals surface area contributed by atoms with E-state index in [9.17, 15) is 0 Å². The highest BCUT2D eigenvalue weighted by atomic mass is 15.1. The summed E-state index contributed by atoms with van der Waals surface area (Å²) in [5, 5.41) is 6.76. The van der Waals surface area contributed by atoms with Crippen LogP contribution in [0, 0.1) is 6.92 Å². The van der Waals surface area contributed by atoms with Crippen LogP contribution in [0.2, 0.25) is 0 Å². The van der Waals surface area contributed by atoms with E-state index in [1.54, 1.807) is 0 Å². The molecule has 1 aliphatic heterocycles. The maximum Gasteiger partial charge on any atom is 0.150 e. The van der Waals surface area contributed by atoms with Crippen molar-refractivity contribution in [1.29, 1.82) is 0 Å². The number of hydrogen-bond acceptors (Lipinski definition) is 3. The Bertz CT molecular complexity index is 331. The highest BCUT2D eigenvalue weighted by molar-refractivity contribution is 5.68. The maximum absolute atomic E-state index is 4.44. The summed E-state index contributed by atoms with van der Waals surface area (Å²) in [5.74, 6) is 0.969. The highest BCUT2D eigenvalue weighted by Gasteiger charge is 2.24. The molecule has 0 spiro atoms. The predicted octanol–water partition coefficient (Wildman–Crippen LogP) is 2.01. The van der Waals surface area contributed by atoms with Crippen LogP contribution in [-0.4, -0.2) is 17.1 Å². The predicted molar refractivity (Wildman–Crippen MR) is 55.2 cm³/mol. The number of nitrogens with one attached hydrogen (secondary N) is 2. The number of rotatable bonds is 0. The van der Waals surface area contributed by atoms with Crippen LogP contribution in [0.4, 0.5) is 11.5 Å². The molecule has 0 fully saturated rings. The molecule has 2 heterocycles. The Balaban J connectivity index is 2.38. The molecule has 0 aromatic carbocycles. The summed E-state index contributed by atoms with van der Waals surface area (Å²) in [7, 11) is 0. The molecule has 2 rings (SSSR count). The summed E-state index contributed by atoms with van der Waals surface area (Å²) in [6.45, 7) is 7.26. The minimum absolute atomic E-state index is 0.0911. The van der Waals surface area contributed by atoms with Crippen molar-refractivity contribution in [2.45, 2.75) is 26.3 Å². The molecule has 0 aliphatic carbocycles. The molecule has 0 radical (unpaired) electrons. The minimum atomic E-state index is 0.0911. The molecular formula is C10H15N3. The van der Waals surface area contributed by atoms with Crippen LogP contribution in [-0.2, 0) is 0 Å². The first-order valence-corrected chi connectivity index (χ1v) is 4.57. The Morgan fingerprint density at radius 1 is 1.38 bits per heavy atom. The summed E-state index contributed by atoms with van der Waals surface area (Å²) >= 11 is 0. The molecule has 70 valence electrons. The Hall–Kier alpha value is -1.25. The molecule has 0 amide bonds. The van der Waals surface area contributed by atoms with Crippen LogP contribution in [0.3, 0.4) is 0 Å². The molecule has 2 N–H and O–H groups in total. The van der Waals surface area contributed by atoms with Gasteiger partial charge in [-0.25, -0.2) is 4.98 Å². The van der Waals surface area contributed by atoms with E-state index in [2.05, 4.69) is 35.5 Å². The van der Waals surface area contributed by atoms with Crippen molar-refractivity contribution in [3.63, 3.8) is 0 Å². The average molecular weight is 177 g/mol. The van der Waals surface area contributed by atoms with Crippen LogP contribution in [0.15, 0.2) is 12.1 Å². The summed E-state index contributed by atoms with van der Waals surface area (Å²) < 4.78 is 0. The zero-order chi connectivity index (χ0) is 9.47. The molecular weight excluding hydrogens is 162 g/mol. The van der Waals surface area contributed by atoms with Gasteiger partial charge in [-0.15, -0.1) is 0 Å². The first-order chi connectivity index (χ1) is 6.07. The van der Waals surface area contributed by atoms with Crippen molar-refractivity contribution in [2.24, 2.45) is 0 Å². The summed E-state index contributed by atoms with van der Waals surface area (Å²) in [6, 6.07) is 4.09. The van der Waals surface area contributed by atoms with Gasteiger partial charge in [-0.1, -0.05) is 0 Å². The van der Waals surface area contributed by atoms with Gasteiger partial charge in [-0.2, -0.15) is 0 Å². The number of anilines is 2. The van der Waals surface area contributed by atoms with Crippen molar-refractivity contribution in [1.82, 2.24) is 4.98 Å². The number of nitrogens with zero attached hydrogens (tertiary/aromatic N) is 1. The van der Waals surface area contributed by atoms with E-state index in [4.69, 9.17) is 0 Å². The van der Waals surface area contributed by atoms with E-state index in [0.717, 1.165) is 23.7 Å². The zero-order valence-electron chi connectivity index (χ0n) is 8.31. The lowest BCUT2D eigenvalue weighted by atomic mass is 10.0. The lowest BCUT2D eigenvalue weighted by molar-refractivity contribution is 0.584. The highest BCUT2D eigenvalue weighted by Crippen LogP contribution is 2.27. The molecule has 3 heteroatoms. The Morgan fingerprint density at radius 3 is 2.92 bits per heavy atom. The van der Waals surface area contributed by atoms with Gasteiger partial charge in [0.25, 0.3) is 0 Å². The molecule has 1 aromatic heterocycles. The Morgan fingerprint density at radius 2 is 2.15 bits per heavy atom. The third kappa shape index (κ3) is 1.59. The molecule has 3 nitrogen and oxygen atoms in total. The van der Waals surface area contributed by atoms with E-state index < -0.39 is 0 Å². The first-order valence-electron chi connectivity index (χ1n) is 4.57. The van der Waals surface area contributed by atoms with Crippen LogP contribution < -0.4 is 10.6 Å². The van der Waals surface area contributed by atoms with Crippen molar-refractivity contribution in [3.05, 3.63) is 17.8 Å². The lowest BCUT2D eigenvalue weighted by Gasteiger charge is -2.33. The van der Waals surface area contributed by atoms with Gasteiger partial charge >= 0.3 is 0 Å². The van der Waals surface area contributed by atoms with Gasteiger partial charge in [0, 0.05) is 12.2 Å². The average Bonchev–Trinajstić information content (AvgIpc) is 2.01. The van der Waals surface area contributed by atoms with Crippen molar-refractivity contribution >= 4 is 11.5 Å². The third-order valence-corrected chi connectivity index (χ3v) is 2.21. The van der Waals surface area contributed by atoms with Gasteiger partial charge in [-0.05, 0) is 32.9 Å². The molecule has 0 bridgehead atoms. The van der Waals surface area contributed by atoms with Gasteiger partial charge < -0.3 is 10.6 Å². The van der Waals surface area contributed by atoms with E-state index in [-0.39, 0.29) is 5.54 Å². The first kappa shape index (κ1) is 8.35. The Labute approximate surface area is 78.6 Å². The van der Waals surface area contributed by atoms with Crippen LogP contribution in [0.25, 0.3) is 0 Å². The largest absolute Gasteiger partial charge is 0.380 e. The van der Waals surface area contributed by atoms with Crippen molar-refractivity contribution < 1.29 is 0 Å². The number of pyridine rings is 1. The number of hydrogen-bond donors (Lipinski definition) is 2. The van der Waals surface area contributed by atoms with Gasteiger partial charge in [0.2, 0.25) is 0 Å². The van der Waals surface area contributed by atoms with Gasteiger partial charge in [0.1, 0.15) is 5.82 Å². The SMILES string of the molecule is Cc1ccc2c(n1)NC(C)(C)CN2. The molecule has 0 saturated carbocycles. The van der Waals surface area contributed by atoms with Crippen LogP contribution in [0.5, 0.6) is 0 Å². The molecule has 1 aromatic rings. The number of fused-ring (bicyclic) bond motifs is 1. The van der Waals surface area contributed by atoms with E-state index >= 15 is 0 Å². The second-order valence-electron chi connectivity index (χ2n) is 4.21. The fraction of sp³-hybridized carbons (Fsp3) is 0.500. The fourth-order valence-electron chi connectivity index (χ4n) is 1.48. The zero-order valence-corrected chi connectivity index (χ0v) is 8.31. The topological polar surface area (TPSA) is 37.0 Å². The van der Waals surface area contributed by atoms with Crippen LogP contribution in [0.1, 0.15) is 19.5 Å². The van der Waals surface area contributed by atoms with Gasteiger partial charge in [-0.3, -0.25) is 0 Å². The number of aryl methyl sites for hydroxylation is 1. The monoisotopic (exact) mass is 177 g/mol. The summed E-state index contributed by atoms with van der Waals surface area (Å²) in [5.41, 5.74) is 2.24. The van der Waals surface area contributed by atoms with Crippen LogP contribution >= 0.6 is 0 Å². The standard InChI is InChI=1S/C10H15N3/c1-7-4-5-8-9(12-7)13-10(2,3)6-11-8/h4-5,11H,6H2,1-3H3,(H,12,13). The fourth-order valence-corrected chi connectivity index (χ4v) is 1.48. The van der Waals surface area contributed by atoms with Crippen molar-refractivity contribution in [3.8, 4) is 0 Å². The molecule has 13 heavy (non-hydrogen) atoms. The van der Waals surface area contributed by atoms with E-state index in [1.165, 1.54) is 0 Å². The lowest BCUT2D eigenvalue weighted by Crippen LogP contribution is -2.42. The second-order valence-corrected chi connectivity index (χ2v) is 4.21. The third-order valence-electron chi connectivity index (χ3n) is 2.21. The summed E-state index contributed by atoms with van der Waals surface area (Å²) in [6.07, 6.45) is 0. The van der Waals surface area contributed by atoms with Crippen molar-refractivity contribution in [2.75, 3.05) is 17.2 Å².